The highest BCUT2D eigenvalue weighted by Gasteiger charge is 2.43. The van der Waals surface area contributed by atoms with Gasteiger partial charge in [0.05, 0.1) is 6.61 Å². The fourth-order valence-electron chi connectivity index (χ4n) is 1.18. The van der Waals surface area contributed by atoms with E-state index in [2.05, 4.69) is 5.73 Å². The van der Waals surface area contributed by atoms with Crippen LogP contribution in [0.25, 0.3) is 0 Å². The minimum Gasteiger partial charge on any atom is -0.394 e. The Labute approximate surface area is 69.2 Å². The van der Waals surface area contributed by atoms with Crippen LogP contribution in [-0.4, -0.2) is 57.7 Å². The van der Waals surface area contributed by atoms with Gasteiger partial charge in [0.1, 0.15) is 18.3 Å². The van der Waals surface area contributed by atoms with Crippen molar-refractivity contribution in [3.8, 4) is 0 Å². The maximum atomic E-state index is 9.20. The number of rotatable bonds is 1. The van der Waals surface area contributed by atoms with Crippen molar-refractivity contribution in [2.45, 2.75) is 30.6 Å². The summed E-state index contributed by atoms with van der Waals surface area (Å²) in [5.74, 6) is 0. The van der Waals surface area contributed by atoms with Gasteiger partial charge in [0.15, 0.2) is 6.10 Å². The lowest BCUT2D eigenvalue weighted by Gasteiger charge is -2.36. The van der Waals surface area contributed by atoms with Crippen LogP contribution >= 0.6 is 0 Å². The Kier molecular flexibility index (Phi) is 2.99. The zero-order valence-electron chi connectivity index (χ0n) is 6.50. The van der Waals surface area contributed by atoms with E-state index in [4.69, 9.17) is 14.9 Å². The Hall–Kier alpha value is -0.240. The van der Waals surface area contributed by atoms with E-state index in [1.54, 1.807) is 0 Å². The Morgan fingerprint density at radius 2 is 1.67 bits per heavy atom. The van der Waals surface area contributed by atoms with Gasteiger partial charge in [-0.25, -0.2) is 0 Å². The average Bonchev–Trinajstić information content (AvgIpc) is 2.08. The highest BCUT2D eigenvalue weighted by Crippen LogP contribution is 2.16. The third-order valence-electron chi connectivity index (χ3n) is 1.99. The highest BCUT2D eigenvalue weighted by atomic mass is 16.6. The van der Waals surface area contributed by atoms with Gasteiger partial charge in [-0.05, 0) is 0 Å². The molecule has 1 aliphatic heterocycles. The van der Waals surface area contributed by atoms with E-state index in [1.807, 2.05) is 0 Å². The molecule has 0 amide bonds. The first-order valence-electron chi connectivity index (χ1n) is 3.71. The van der Waals surface area contributed by atoms with E-state index in [0.29, 0.717) is 0 Å². The molecule has 1 saturated heterocycles. The van der Waals surface area contributed by atoms with Crippen LogP contribution < -0.4 is 5.73 Å². The summed E-state index contributed by atoms with van der Waals surface area (Å²) < 4.78 is 4.91. The molecule has 0 aromatic carbocycles. The number of aliphatic hydroxyl groups excluding tert-OH is 4. The molecule has 0 bridgehead atoms. The van der Waals surface area contributed by atoms with Crippen molar-refractivity contribution in [1.82, 2.24) is 0 Å². The van der Waals surface area contributed by atoms with E-state index >= 15 is 0 Å². The lowest BCUT2D eigenvalue weighted by atomic mass is 9.99. The normalized spacial score (nSPS) is 49.2. The van der Waals surface area contributed by atoms with Crippen molar-refractivity contribution in [1.29, 1.82) is 0 Å². The summed E-state index contributed by atoms with van der Waals surface area (Å²) in [4.78, 5) is 0. The SMILES string of the molecule is [NH3+]C1OC(CO)C(O)C(O)C1O. The predicted molar refractivity (Wildman–Crippen MR) is 36.7 cm³/mol. The highest BCUT2D eigenvalue weighted by molar-refractivity contribution is 4.87. The molecule has 0 aliphatic carbocycles. The Bertz CT molecular complexity index is 150. The lowest BCUT2D eigenvalue weighted by molar-refractivity contribution is -0.532. The van der Waals surface area contributed by atoms with Crippen molar-refractivity contribution in [2.75, 3.05) is 6.61 Å². The number of ether oxygens (including phenoxy) is 1. The maximum Gasteiger partial charge on any atom is 0.218 e. The summed E-state index contributed by atoms with van der Waals surface area (Å²) in [5, 5.41) is 36.2. The van der Waals surface area contributed by atoms with Gasteiger partial charge in [-0.1, -0.05) is 0 Å². The topological polar surface area (TPSA) is 118 Å². The van der Waals surface area contributed by atoms with Gasteiger partial charge < -0.3 is 30.9 Å². The van der Waals surface area contributed by atoms with Crippen LogP contribution in [0, 0.1) is 0 Å². The van der Waals surface area contributed by atoms with E-state index in [0.717, 1.165) is 0 Å². The molecule has 6 nitrogen and oxygen atoms in total. The van der Waals surface area contributed by atoms with Gasteiger partial charge in [-0.2, -0.15) is 0 Å². The summed E-state index contributed by atoms with van der Waals surface area (Å²) in [6, 6.07) is 0. The van der Waals surface area contributed by atoms with E-state index in [9.17, 15) is 10.2 Å². The number of aliphatic hydroxyl groups is 4. The summed E-state index contributed by atoms with van der Waals surface area (Å²) >= 11 is 0. The van der Waals surface area contributed by atoms with Gasteiger partial charge in [0, 0.05) is 0 Å². The van der Waals surface area contributed by atoms with Gasteiger partial charge in [-0.15, -0.1) is 0 Å². The Morgan fingerprint density at radius 3 is 2.17 bits per heavy atom. The van der Waals surface area contributed by atoms with Crippen molar-refractivity contribution in [3.05, 3.63) is 0 Å². The minimum atomic E-state index is -1.31. The molecule has 1 aliphatic rings. The second kappa shape index (κ2) is 3.65. The molecule has 6 heteroatoms. The second-order valence-electron chi connectivity index (χ2n) is 2.87. The summed E-state index contributed by atoms with van der Waals surface area (Å²) in [6.07, 6.45) is -5.46. The van der Waals surface area contributed by atoms with Crippen LogP contribution in [0.15, 0.2) is 0 Å². The summed E-state index contributed by atoms with van der Waals surface area (Å²) in [5.41, 5.74) is 3.41. The molecule has 1 rings (SSSR count). The molecule has 12 heavy (non-hydrogen) atoms. The molecule has 72 valence electrons. The van der Waals surface area contributed by atoms with Gasteiger partial charge in [0.2, 0.25) is 6.23 Å². The van der Waals surface area contributed by atoms with Crippen molar-refractivity contribution in [2.24, 2.45) is 0 Å². The van der Waals surface area contributed by atoms with Gasteiger partial charge in [0.25, 0.3) is 0 Å². The van der Waals surface area contributed by atoms with Crippen LogP contribution in [0.3, 0.4) is 0 Å². The van der Waals surface area contributed by atoms with Crippen molar-refractivity contribution < 1.29 is 30.9 Å². The molecule has 7 N–H and O–H groups in total. The smallest absolute Gasteiger partial charge is 0.218 e. The zero-order chi connectivity index (χ0) is 9.30. The van der Waals surface area contributed by atoms with Crippen LogP contribution in [0.1, 0.15) is 0 Å². The van der Waals surface area contributed by atoms with Crippen LogP contribution in [-0.2, 0) is 4.74 Å². The maximum absolute atomic E-state index is 9.20. The summed E-state index contributed by atoms with van der Waals surface area (Å²) in [6.45, 7) is -0.406. The third-order valence-corrected chi connectivity index (χ3v) is 1.99. The first kappa shape index (κ1) is 9.85. The van der Waals surface area contributed by atoms with Crippen molar-refractivity contribution >= 4 is 0 Å². The Morgan fingerprint density at radius 1 is 1.08 bits per heavy atom. The van der Waals surface area contributed by atoms with Crippen LogP contribution in [0.4, 0.5) is 0 Å². The second-order valence-corrected chi connectivity index (χ2v) is 2.87. The molecule has 5 atom stereocenters. The Balaban J connectivity index is 2.63. The molecule has 1 heterocycles. The standard InChI is InChI=1S/C6H13NO5/c7-6-5(11)4(10)3(9)2(1-8)12-6/h2-6,8-11H,1,7H2/p+1. The molecule has 0 spiro atoms. The molecule has 5 unspecified atom stereocenters. The van der Waals surface area contributed by atoms with E-state index < -0.39 is 37.3 Å². The molecule has 0 aromatic heterocycles. The number of hydrogen-bond donors (Lipinski definition) is 5. The first-order chi connectivity index (χ1) is 5.57. The average molecular weight is 180 g/mol. The molecule has 1 fully saturated rings. The third kappa shape index (κ3) is 1.58. The summed E-state index contributed by atoms with van der Waals surface area (Å²) in [7, 11) is 0. The van der Waals surface area contributed by atoms with Gasteiger partial charge >= 0.3 is 0 Å². The largest absolute Gasteiger partial charge is 0.394 e. The van der Waals surface area contributed by atoms with Crippen molar-refractivity contribution in [3.63, 3.8) is 0 Å². The van der Waals surface area contributed by atoms with E-state index in [-0.39, 0.29) is 0 Å². The zero-order valence-corrected chi connectivity index (χ0v) is 6.50. The van der Waals surface area contributed by atoms with Gasteiger partial charge in [-0.3, -0.25) is 0 Å². The minimum absolute atomic E-state index is 0.406. The first-order valence-corrected chi connectivity index (χ1v) is 3.71. The molecule has 0 aromatic rings. The quantitative estimate of drug-likeness (QED) is 0.282. The van der Waals surface area contributed by atoms with E-state index in [1.165, 1.54) is 0 Å². The molecule has 0 radical (unpaired) electrons. The fraction of sp³-hybridized carbons (Fsp3) is 1.00. The monoisotopic (exact) mass is 180 g/mol. The van der Waals surface area contributed by atoms with Crippen LogP contribution in [0.2, 0.25) is 0 Å². The molecule has 0 saturated carbocycles. The lowest BCUT2D eigenvalue weighted by Crippen LogP contribution is -2.75. The number of quaternary nitrogens is 1. The molecular formula is C6H14NO5+. The fourth-order valence-corrected chi connectivity index (χ4v) is 1.18. The molecular weight excluding hydrogens is 166 g/mol. The van der Waals surface area contributed by atoms with Crippen LogP contribution in [0.5, 0.6) is 0 Å². The predicted octanol–water partition coefficient (Wildman–Crippen LogP) is -3.97. The number of hydrogen-bond acceptors (Lipinski definition) is 5.